The highest BCUT2D eigenvalue weighted by Gasteiger charge is 2.05. The highest BCUT2D eigenvalue weighted by molar-refractivity contribution is 5.33. The summed E-state index contributed by atoms with van der Waals surface area (Å²) in [6, 6.07) is 7.79. The minimum absolute atomic E-state index is 1.23. The zero-order chi connectivity index (χ0) is 13.2. The Morgan fingerprint density at radius 2 is 1.61 bits per heavy atom. The van der Waals surface area contributed by atoms with Gasteiger partial charge in [-0.15, -0.1) is 0 Å². The molecule has 1 rings (SSSR count). The first-order valence-corrected chi connectivity index (χ1v) is 7.78. The average molecular weight is 245 g/mol. The van der Waals surface area contributed by atoms with Crippen LogP contribution in [0, 0.1) is 13.0 Å². The quantitative estimate of drug-likeness (QED) is 0.493. The molecule has 0 aliphatic heterocycles. The lowest BCUT2D eigenvalue weighted by atomic mass is 9.93. The molecule has 0 heterocycles. The van der Waals surface area contributed by atoms with E-state index < -0.39 is 0 Å². The van der Waals surface area contributed by atoms with E-state index >= 15 is 0 Å². The minimum atomic E-state index is 1.23. The fraction of sp³-hybridized carbons (Fsp3) is 0.667. The second-order valence-corrected chi connectivity index (χ2v) is 5.39. The van der Waals surface area contributed by atoms with Crippen molar-refractivity contribution in [2.75, 3.05) is 0 Å². The molecule has 0 saturated heterocycles. The van der Waals surface area contributed by atoms with Crippen molar-refractivity contribution in [3.8, 4) is 0 Å². The highest BCUT2D eigenvalue weighted by Crippen LogP contribution is 2.19. The largest absolute Gasteiger partial charge is 0.0654 e. The molecule has 0 aliphatic carbocycles. The van der Waals surface area contributed by atoms with Gasteiger partial charge in [-0.1, -0.05) is 58.1 Å². The SMILES string of the molecule is CCCCCCCc1[c]ccc(C)c1CCCC. The van der Waals surface area contributed by atoms with E-state index in [1.54, 1.807) is 5.56 Å². The van der Waals surface area contributed by atoms with E-state index in [0.29, 0.717) is 0 Å². The molecule has 0 aromatic heterocycles. The van der Waals surface area contributed by atoms with Gasteiger partial charge < -0.3 is 0 Å². The van der Waals surface area contributed by atoms with Gasteiger partial charge in [-0.3, -0.25) is 0 Å². The van der Waals surface area contributed by atoms with Crippen molar-refractivity contribution in [1.29, 1.82) is 0 Å². The number of benzene rings is 1. The van der Waals surface area contributed by atoms with Crippen LogP contribution in [0.3, 0.4) is 0 Å². The van der Waals surface area contributed by atoms with E-state index in [9.17, 15) is 0 Å². The zero-order valence-corrected chi connectivity index (χ0v) is 12.5. The lowest BCUT2D eigenvalue weighted by Crippen LogP contribution is -1.98. The third-order valence-corrected chi connectivity index (χ3v) is 3.74. The summed E-state index contributed by atoms with van der Waals surface area (Å²) in [6.45, 7) is 6.79. The molecule has 0 saturated carbocycles. The summed E-state index contributed by atoms with van der Waals surface area (Å²) in [6.07, 6.45) is 11.9. The van der Waals surface area contributed by atoms with Crippen LogP contribution in [-0.4, -0.2) is 0 Å². The van der Waals surface area contributed by atoms with Gasteiger partial charge in [0.2, 0.25) is 0 Å². The van der Waals surface area contributed by atoms with Gasteiger partial charge in [0.15, 0.2) is 0 Å². The summed E-state index contributed by atoms with van der Waals surface area (Å²) >= 11 is 0. The Hall–Kier alpha value is -0.780. The van der Waals surface area contributed by atoms with E-state index in [0.717, 1.165) is 0 Å². The molecule has 0 atom stereocenters. The summed E-state index contributed by atoms with van der Waals surface area (Å²) in [4.78, 5) is 0. The predicted octanol–water partition coefficient (Wildman–Crippen LogP) is 5.65. The first-order chi connectivity index (χ1) is 8.79. The fourth-order valence-corrected chi connectivity index (χ4v) is 2.52. The molecule has 0 spiro atoms. The van der Waals surface area contributed by atoms with Crippen molar-refractivity contribution in [1.82, 2.24) is 0 Å². The average Bonchev–Trinajstić information content (AvgIpc) is 2.38. The Bertz CT molecular complexity index is 325. The maximum Gasteiger partial charge on any atom is -0.0146 e. The molecule has 0 heteroatoms. The van der Waals surface area contributed by atoms with Gasteiger partial charge in [-0.05, 0) is 55.4 Å². The molecule has 0 nitrogen and oxygen atoms in total. The molecule has 0 amide bonds. The minimum Gasteiger partial charge on any atom is -0.0654 e. The van der Waals surface area contributed by atoms with E-state index in [4.69, 9.17) is 0 Å². The molecule has 18 heavy (non-hydrogen) atoms. The first-order valence-electron chi connectivity index (χ1n) is 7.78. The third kappa shape index (κ3) is 5.25. The van der Waals surface area contributed by atoms with Gasteiger partial charge in [0, 0.05) is 0 Å². The first kappa shape index (κ1) is 15.3. The Morgan fingerprint density at radius 3 is 2.33 bits per heavy atom. The molecule has 1 aromatic rings. The second kappa shape index (κ2) is 9.19. The van der Waals surface area contributed by atoms with Crippen molar-refractivity contribution in [3.63, 3.8) is 0 Å². The van der Waals surface area contributed by atoms with Crippen molar-refractivity contribution in [2.24, 2.45) is 0 Å². The molecule has 0 bridgehead atoms. The summed E-state index contributed by atoms with van der Waals surface area (Å²) in [5.41, 5.74) is 4.53. The van der Waals surface area contributed by atoms with E-state index in [1.807, 2.05) is 0 Å². The molecule has 0 fully saturated rings. The fourth-order valence-electron chi connectivity index (χ4n) is 2.52. The van der Waals surface area contributed by atoms with E-state index in [2.05, 4.69) is 39.0 Å². The van der Waals surface area contributed by atoms with Crippen molar-refractivity contribution < 1.29 is 0 Å². The molecule has 1 radical (unpaired) electrons. The third-order valence-electron chi connectivity index (χ3n) is 3.74. The van der Waals surface area contributed by atoms with Crippen LogP contribution >= 0.6 is 0 Å². The van der Waals surface area contributed by atoms with Crippen LogP contribution in [0.1, 0.15) is 75.5 Å². The van der Waals surface area contributed by atoms with Gasteiger partial charge in [0.1, 0.15) is 0 Å². The number of hydrogen-bond acceptors (Lipinski definition) is 0. The summed E-state index contributed by atoms with van der Waals surface area (Å²) in [7, 11) is 0. The van der Waals surface area contributed by atoms with Crippen molar-refractivity contribution in [3.05, 3.63) is 34.9 Å². The normalized spacial score (nSPS) is 10.8. The topological polar surface area (TPSA) is 0 Å². The standard InChI is InChI=1S/C18H29/c1-4-6-8-9-10-13-17-14-11-12-16(3)18(17)15-7-5-2/h11-12H,4-10,13,15H2,1-3H3. The Balaban J connectivity index is 2.50. The van der Waals surface area contributed by atoms with Crippen LogP contribution in [0.5, 0.6) is 0 Å². The van der Waals surface area contributed by atoms with Crippen LogP contribution in [0.25, 0.3) is 0 Å². The van der Waals surface area contributed by atoms with Gasteiger partial charge in [-0.25, -0.2) is 0 Å². The summed E-state index contributed by atoms with van der Waals surface area (Å²) < 4.78 is 0. The monoisotopic (exact) mass is 245 g/mol. The lowest BCUT2D eigenvalue weighted by Gasteiger charge is -2.12. The molecule has 0 N–H and O–H groups in total. The molecule has 101 valence electrons. The maximum absolute atomic E-state index is 3.48. The number of unbranched alkanes of at least 4 members (excludes halogenated alkanes) is 5. The number of aryl methyl sites for hydroxylation is 2. The molecule has 1 aromatic carbocycles. The zero-order valence-electron chi connectivity index (χ0n) is 12.5. The van der Waals surface area contributed by atoms with Crippen LogP contribution in [0.2, 0.25) is 0 Å². The molecule has 0 unspecified atom stereocenters. The van der Waals surface area contributed by atoms with Gasteiger partial charge in [-0.2, -0.15) is 0 Å². The Kier molecular flexibility index (Phi) is 7.80. The molecule has 0 aliphatic rings. The van der Waals surface area contributed by atoms with Gasteiger partial charge in [0.05, 0.1) is 0 Å². The highest BCUT2D eigenvalue weighted by atomic mass is 14.1. The van der Waals surface area contributed by atoms with Crippen LogP contribution in [0.15, 0.2) is 12.1 Å². The number of hydrogen-bond donors (Lipinski definition) is 0. The van der Waals surface area contributed by atoms with Crippen molar-refractivity contribution in [2.45, 2.75) is 78.6 Å². The predicted molar refractivity (Wildman–Crippen MR) is 81.1 cm³/mol. The van der Waals surface area contributed by atoms with E-state index in [1.165, 1.54) is 68.9 Å². The van der Waals surface area contributed by atoms with Gasteiger partial charge >= 0.3 is 0 Å². The van der Waals surface area contributed by atoms with Crippen molar-refractivity contribution >= 4 is 0 Å². The summed E-state index contributed by atoms with van der Waals surface area (Å²) in [5.74, 6) is 0. The van der Waals surface area contributed by atoms with Crippen LogP contribution < -0.4 is 0 Å². The Morgan fingerprint density at radius 1 is 0.889 bits per heavy atom. The second-order valence-electron chi connectivity index (χ2n) is 5.39. The smallest absolute Gasteiger partial charge is 0.0146 e. The lowest BCUT2D eigenvalue weighted by molar-refractivity contribution is 0.629. The number of rotatable bonds is 9. The maximum atomic E-state index is 3.48. The Labute approximate surface area is 114 Å². The summed E-state index contributed by atoms with van der Waals surface area (Å²) in [5, 5.41) is 0. The molecular formula is C18H29. The molecular weight excluding hydrogens is 216 g/mol. The van der Waals surface area contributed by atoms with Crippen LogP contribution in [-0.2, 0) is 12.8 Å². The van der Waals surface area contributed by atoms with Crippen LogP contribution in [0.4, 0.5) is 0 Å². The van der Waals surface area contributed by atoms with E-state index in [-0.39, 0.29) is 0 Å². The van der Waals surface area contributed by atoms with Gasteiger partial charge in [0.25, 0.3) is 0 Å².